The number of aryl methyl sites for hydroxylation is 1. The van der Waals surface area contributed by atoms with Gasteiger partial charge < -0.3 is 5.32 Å². The molecule has 2 aromatic carbocycles. The first-order chi connectivity index (χ1) is 14.6. The molecule has 3 rings (SSSR count). The average Bonchev–Trinajstić information content (AvgIpc) is 3.17. The largest absolute Gasteiger partial charge is 0.416 e. The van der Waals surface area contributed by atoms with Crippen LogP contribution in [0.4, 0.5) is 24.0 Å². The highest BCUT2D eigenvalue weighted by atomic mass is 35.5. The van der Waals surface area contributed by atoms with E-state index in [-0.39, 0.29) is 15.6 Å². The molecule has 10 heteroatoms. The summed E-state index contributed by atoms with van der Waals surface area (Å²) >= 11 is 7.05. The number of anilines is 2. The van der Waals surface area contributed by atoms with Crippen molar-refractivity contribution in [3.8, 4) is 0 Å². The van der Waals surface area contributed by atoms with E-state index in [1.165, 1.54) is 24.4 Å². The van der Waals surface area contributed by atoms with Crippen LogP contribution in [-0.4, -0.2) is 16.8 Å². The molecule has 2 N–H and O–H groups in total. The van der Waals surface area contributed by atoms with E-state index in [4.69, 9.17) is 11.6 Å². The lowest BCUT2D eigenvalue weighted by Gasteiger charge is -2.08. The predicted octanol–water partition coefficient (Wildman–Crippen LogP) is 6.03. The van der Waals surface area contributed by atoms with Gasteiger partial charge in [-0.1, -0.05) is 47.2 Å². The molecule has 0 saturated heterocycles. The molecule has 0 radical (unpaired) electrons. The molecule has 2 amide bonds. The zero-order chi connectivity index (χ0) is 22.6. The topological polar surface area (TPSA) is 71.1 Å². The minimum atomic E-state index is -4.47. The molecule has 0 spiro atoms. The smallest absolute Gasteiger partial charge is 0.320 e. The van der Waals surface area contributed by atoms with Gasteiger partial charge in [0, 0.05) is 6.08 Å². The van der Waals surface area contributed by atoms with Gasteiger partial charge >= 0.3 is 6.18 Å². The predicted molar refractivity (Wildman–Crippen MR) is 115 cm³/mol. The van der Waals surface area contributed by atoms with Gasteiger partial charge in [0.25, 0.3) is 5.91 Å². The minimum Gasteiger partial charge on any atom is -0.320 e. The van der Waals surface area contributed by atoms with Gasteiger partial charge in [0.05, 0.1) is 22.5 Å². The number of halogens is 4. The monoisotopic (exact) mass is 465 g/mol. The summed E-state index contributed by atoms with van der Waals surface area (Å²) in [7, 11) is 0. The van der Waals surface area contributed by atoms with Gasteiger partial charge in [-0.2, -0.15) is 13.2 Å². The third-order valence-electron chi connectivity index (χ3n) is 4.06. The molecular weight excluding hydrogens is 451 g/mol. The van der Waals surface area contributed by atoms with Crippen molar-refractivity contribution >= 4 is 51.6 Å². The zero-order valence-corrected chi connectivity index (χ0v) is 17.5. The fourth-order valence-electron chi connectivity index (χ4n) is 2.54. The number of benzene rings is 2. The fraction of sp³-hybridized carbons (Fsp3) is 0.0952. The molecule has 0 aliphatic heterocycles. The van der Waals surface area contributed by atoms with Crippen LogP contribution in [0.3, 0.4) is 0 Å². The second-order valence-electron chi connectivity index (χ2n) is 6.36. The van der Waals surface area contributed by atoms with Crippen molar-refractivity contribution in [3.05, 3.63) is 81.3 Å². The zero-order valence-electron chi connectivity index (χ0n) is 16.0. The van der Waals surface area contributed by atoms with Crippen LogP contribution in [-0.2, 0) is 11.0 Å². The van der Waals surface area contributed by atoms with Crippen LogP contribution in [0.25, 0.3) is 6.08 Å². The molecule has 1 heterocycles. The Hall–Kier alpha value is -3.17. The standard InChI is InChI=1S/C21H15ClF3N3O2S/c1-12-4-2-7-15(22)18(12)28-19(30)16-11-26-20(31-16)27-17(29)9-8-13-5-3-6-14(10-13)21(23,24)25/h2-11H,1H3,(H,28,30)(H,26,27,29)/b9-8+. The molecule has 0 aliphatic rings. The number of amides is 2. The maximum absolute atomic E-state index is 12.8. The maximum Gasteiger partial charge on any atom is 0.416 e. The van der Waals surface area contributed by atoms with E-state index in [1.807, 2.05) is 0 Å². The summed E-state index contributed by atoms with van der Waals surface area (Å²) in [5, 5.41) is 5.74. The highest BCUT2D eigenvalue weighted by molar-refractivity contribution is 7.17. The summed E-state index contributed by atoms with van der Waals surface area (Å²) in [6.45, 7) is 1.80. The molecule has 0 unspecified atom stereocenters. The number of para-hydroxylation sites is 1. The lowest BCUT2D eigenvalue weighted by Crippen LogP contribution is -2.11. The third-order valence-corrected chi connectivity index (χ3v) is 5.29. The van der Waals surface area contributed by atoms with Crippen molar-refractivity contribution in [2.45, 2.75) is 13.1 Å². The molecular formula is C21H15ClF3N3O2S. The quantitative estimate of drug-likeness (QED) is 0.452. The first-order valence-electron chi connectivity index (χ1n) is 8.82. The molecule has 1 aromatic heterocycles. The molecule has 160 valence electrons. The highest BCUT2D eigenvalue weighted by Crippen LogP contribution is 2.30. The van der Waals surface area contributed by atoms with Crippen molar-refractivity contribution in [1.29, 1.82) is 0 Å². The Morgan fingerprint density at radius 1 is 1.13 bits per heavy atom. The van der Waals surface area contributed by atoms with E-state index in [0.29, 0.717) is 10.7 Å². The Bertz CT molecular complexity index is 1140. The second kappa shape index (κ2) is 9.32. The number of thiazole rings is 1. The van der Waals surface area contributed by atoms with Crippen LogP contribution in [0.15, 0.2) is 54.7 Å². The summed E-state index contributed by atoms with van der Waals surface area (Å²) < 4.78 is 38.3. The van der Waals surface area contributed by atoms with Gasteiger partial charge in [0.1, 0.15) is 4.88 Å². The molecule has 0 atom stereocenters. The Morgan fingerprint density at radius 3 is 2.58 bits per heavy atom. The number of carbonyl (C=O) groups is 2. The van der Waals surface area contributed by atoms with Crippen LogP contribution >= 0.6 is 22.9 Å². The van der Waals surface area contributed by atoms with Crippen LogP contribution in [0.2, 0.25) is 5.02 Å². The van der Waals surface area contributed by atoms with Crippen LogP contribution < -0.4 is 10.6 Å². The number of hydrogen-bond donors (Lipinski definition) is 2. The number of aromatic nitrogens is 1. The lowest BCUT2D eigenvalue weighted by molar-refractivity contribution is -0.137. The Kier molecular flexibility index (Phi) is 6.77. The molecule has 0 fully saturated rings. The van der Waals surface area contributed by atoms with Gasteiger partial charge in [0.2, 0.25) is 5.91 Å². The molecule has 0 saturated carbocycles. The van der Waals surface area contributed by atoms with Gasteiger partial charge in [-0.05, 0) is 42.3 Å². The number of hydrogen-bond acceptors (Lipinski definition) is 4. The molecule has 5 nitrogen and oxygen atoms in total. The number of alkyl halides is 3. The fourth-order valence-corrected chi connectivity index (χ4v) is 3.52. The van der Waals surface area contributed by atoms with Crippen molar-refractivity contribution < 1.29 is 22.8 Å². The van der Waals surface area contributed by atoms with Gasteiger partial charge in [-0.25, -0.2) is 4.98 Å². The maximum atomic E-state index is 12.8. The van der Waals surface area contributed by atoms with E-state index in [1.54, 1.807) is 25.1 Å². The van der Waals surface area contributed by atoms with Crippen molar-refractivity contribution in [1.82, 2.24) is 4.98 Å². The Labute approximate surface area is 184 Å². The first kappa shape index (κ1) is 22.5. The Balaban J connectivity index is 1.63. The molecule has 3 aromatic rings. The number of nitrogens with zero attached hydrogens (tertiary/aromatic N) is 1. The minimum absolute atomic E-state index is 0.166. The average molecular weight is 466 g/mol. The Morgan fingerprint density at radius 2 is 1.87 bits per heavy atom. The summed E-state index contributed by atoms with van der Waals surface area (Å²) in [5.74, 6) is -1.03. The molecule has 0 aliphatic carbocycles. The van der Waals surface area contributed by atoms with Crippen molar-refractivity contribution in [2.75, 3.05) is 10.6 Å². The van der Waals surface area contributed by atoms with E-state index < -0.39 is 23.6 Å². The van der Waals surface area contributed by atoms with E-state index in [9.17, 15) is 22.8 Å². The number of rotatable bonds is 5. The van der Waals surface area contributed by atoms with Crippen LogP contribution in [0.1, 0.15) is 26.4 Å². The summed E-state index contributed by atoms with van der Waals surface area (Å²) in [6.07, 6.45) is -0.819. The highest BCUT2D eigenvalue weighted by Gasteiger charge is 2.30. The van der Waals surface area contributed by atoms with Gasteiger partial charge in [0.15, 0.2) is 5.13 Å². The van der Waals surface area contributed by atoms with Gasteiger partial charge in [-0.15, -0.1) is 0 Å². The van der Waals surface area contributed by atoms with E-state index in [2.05, 4.69) is 15.6 Å². The normalized spacial score (nSPS) is 11.5. The van der Waals surface area contributed by atoms with Crippen LogP contribution in [0.5, 0.6) is 0 Å². The lowest BCUT2D eigenvalue weighted by atomic mass is 10.1. The van der Waals surface area contributed by atoms with E-state index in [0.717, 1.165) is 35.1 Å². The first-order valence-corrected chi connectivity index (χ1v) is 10.0. The van der Waals surface area contributed by atoms with Crippen molar-refractivity contribution in [3.63, 3.8) is 0 Å². The third kappa shape index (κ3) is 5.93. The second-order valence-corrected chi connectivity index (χ2v) is 7.80. The number of carbonyl (C=O) groups excluding carboxylic acids is 2. The summed E-state index contributed by atoms with van der Waals surface area (Å²) in [5.41, 5.74) is 0.689. The van der Waals surface area contributed by atoms with Gasteiger partial charge in [-0.3, -0.25) is 14.9 Å². The number of nitrogens with one attached hydrogen (secondary N) is 2. The van der Waals surface area contributed by atoms with Crippen LogP contribution in [0, 0.1) is 6.92 Å². The summed E-state index contributed by atoms with van der Waals surface area (Å²) in [6, 6.07) is 9.81. The molecule has 31 heavy (non-hydrogen) atoms. The van der Waals surface area contributed by atoms with Crippen molar-refractivity contribution in [2.24, 2.45) is 0 Å². The van der Waals surface area contributed by atoms with E-state index >= 15 is 0 Å². The summed E-state index contributed by atoms with van der Waals surface area (Å²) in [4.78, 5) is 28.7. The molecule has 0 bridgehead atoms. The SMILES string of the molecule is Cc1cccc(Cl)c1NC(=O)c1cnc(NC(=O)/C=C/c2cccc(C(F)(F)F)c2)s1.